The Hall–Kier alpha value is -1.22. The van der Waals surface area contributed by atoms with E-state index in [0.29, 0.717) is 12.1 Å². The number of hydrogen-bond donors (Lipinski definition) is 1. The second-order valence-corrected chi connectivity index (χ2v) is 5.13. The molecule has 94 valence electrons. The van der Waals surface area contributed by atoms with Crippen LogP contribution in [0.15, 0.2) is 18.2 Å². The molecule has 0 fully saturated rings. The highest BCUT2D eigenvalue weighted by molar-refractivity contribution is 5.62. The average molecular weight is 234 g/mol. The predicted molar refractivity (Wildman–Crippen MR) is 71.8 cm³/mol. The first kappa shape index (κ1) is 12.2. The first-order valence-electron chi connectivity index (χ1n) is 6.25. The van der Waals surface area contributed by atoms with Crippen molar-refractivity contribution in [3.05, 3.63) is 23.8 Å². The summed E-state index contributed by atoms with van der Waals surface area (Å²) in [4.78, 5) is 2.43. The van der Waals surface area contributed by atoms with Crippen molar-refractivity contribution in [3.63, 3.8) is 0 Å². The zero-order valence-electron chi connectivity index (χ0n) is 11.1. The van der Waals surface area contributed by atoms with Gasteiger partial charge in [-0.1, -0.05) is 0 Å². The lowest BCUT2D eigenvalue weighted by Gasteiger charge is -2.33. The van der Waals surface area contributed by atoms with Gasteiger partial charge >= 0.3 is 0 Å². The highest BCUT2D eigenvalue weighted by atomic mass is 16.5. The minimum Gasteiger partial charge on any atom is -0.497 e. The predicted octanol–water partition coefficient (Wildman–Crippen LogP) is 2.18. The van der Waals surface area contributed by atoms with Gasteiger partial charge in [0.1, 0.15) is 5.75 Å². The molecule has 3 heteroatoms. The Labute approximate surface area is 104 Å². The molecule has 0 bridgehead atoms. The second kappa shape index (κ2) is 4.57. The summed E-state index contributed by atoms with van der Waals surface area (Å²) in [6.07, 6.45) is 1.02. The molecule has 0 aromatic heterocycles. The molecular formula is C14H22N2O. The number of hydrogen-bond acceptors (Lipinski definition) is 3. The summed E-state index contributed by atoms with van der Waals surface area (Å²) in [5, 5.41) is 0. The summed E-state index contributed by atoms with van der Waals surface area (Å²) in [5.41, 5.74) is 8.76. The fraction of sp³-hybridized carbons (Fsp3) is 0.571. The molecule has 2 atom stereocenters. The maximum Gasteiger partial charge on any atom is 0.119 e. The Kier molecular flexibility index (Phi) is 3.29. The third-order valence-corrected chi connectivity index (χ3v) is 3.51. The molecule has 17 heavy (non-hydrogen) atoms. The van der Waals surface area contributed by atoms with Gasteiger partial charge in [0.25, 0.3) is 0 Å². The van der Waals surface area contributed by atoms with Gasteiger partial charge in [0.2, 0.25) is 0 Å². The van der Waals surface area contributed by atoms with Crippen LogP contribution in [0.2, 0.25) is 0 Å². The van der Waals surface area contributed by atoms with Crippen LogP contribution in [0.1, 0.15) is 26.3 Å². The van der Waals surface area contributed by atoms with Crippen LogP contribution < -0.4 is 15.4 Å². The minimum absolute atomic E-state index is 0.177. The van der Waals surface area contributed by atoms with Crippen LogP contribution in [0.25, 0.3) is 0 Å². The third-order valence-electron chi connectivity index (χ3n) is 3.51. The summed E-state index contributed by atoms with van der Waals surface area (Å²) in [6.45, 7) is 6.52. The molecule has 2 rings (SSSR count). The van der Waals surface area contributed by atoms with Crippen molar-refractivity contribution in [2.45, 2.75) is 45.3 Å². The van der Waals surface area contributed by atoms with Gasteiger partial charge in [-0.25, -0.2) is 0 Å². The van der Waals surface area contributed by atoms with Crippen molar-refractivity contribution < 1.29 is 4.74 Å². The number of fused-ring (bicyclic) bond motifs is 1. The van der Waals surface area contributed by atoms with E-state index >= 15 is 0 Å². The molecule has 1 aromatic carbocycles. The van der Waals surface area contributed by atoms with E-state index in [2.05, 4.69) is 37.8 Å². The zero-order valence-corrected chi connectivity index (χ0v) is 11.1. The van der Waals surface area contributed by atoms with Crippen LogP contribution >= 0.6 is 0 Å². The Bertz CT molecular complexity index is 401. The fourth-order valence-electron chi connectivity index (χ4n) is 2.71. The lowest BCUT2D eigenvalue weighted by molar-refractivity contribution is 0.414. The van der Waals surface area contributed by atoms with Gasteiger partial charge < -0.3 is 15.4 Å². The number of nitrogens with two attached hydrogens (primary N) is 1. The summed E-state index contributed by atoms with van der Waals surface area (Å²) in [6, 6.07) is 7.36. The van der Waals surface area contributed by atoms with Gasteiger partial charge in [-0.3, -0.25) is 0 Å². The first-order chi connectivity index (χ1) is 8.04. The van der Waals surface area contributed by atoms with Crippen molar-refractivity contribution in [1.82, 2.24) is 0 Å². The van der Waals surface area contributed by atoms with Gasteiger partial charge in [-0.2, -0.15) is 0 Å². The van der Waals surface area contributed by atoms with E-state index in [0.717, 1.165) is 12.2 Å². The lowest BCUT2D eigenvalue weighted by atomic mass is 10.0. The molecule has 2 N–H and O–H groups in total. The van der Waals surface area contributed by atoms with E-state index in [1.54, 1.807) is 7.11 Å². The van der Waals surface area contributed by atoms with Gasteiger partial charge in [0.15, 0.2) is 0 Å². The van der Waals surface area contributed by atoms with Gasteiger partial charge in [0.05, 0.1) is 7.11 Å². The molecule has 1 heterocycles. The molecular weight excluding hydrogens is 212 g/mol. The Morgan fingerprint density at radius 3 is 2.59 bits per heavy atom. The van der Waals surface area contributed by atoms with Crippen molar-refractivity contribution in [2.75, 3.05) is 12.0 Å². The summed E-state index contributed by atoms with van der Waals surface area (Å²) >= 11 is 0. The monoisotopic (exact) mass is 234 g/mol. The van der Waals surface area contributed by atoms with E-state index in [9.17, 15) is 0 Å². The summed E-state index contributed by atoms with van der Waals surface area (Å²) in [7, 11) is 1.71. The van der Waals surface area contributed by atoms with Crippen LogP contribution in [-0.2, 0) is 6.42 Å². The maximum atomic E-state index is 6.10. The Morgan fingerprint density at radius 2 is 2.06 bits per heavy atom. The molecule has 0 aliphatic carbocycles. The van der Waals surface area contributed by atoms with Crippen LogP contribution in [-0.4, -0.2) is 25.2 Å². The normalized spacial score (nSPS) is 20.6. The largest absolute Gasteiger partial charge is 0.497 e. The lowest BCUT2D eigenvalue weighted by Crippen LogP contribution is -2.47. The first-order valence-corrected chi connectivity index (χ1v) is 6.25. The quantitative estimate of drug-likeness (QED) is 0.871. The van der Waals surface area contributed by atoms with Crippen LogP contribution in [0.3, 0.4) is 0 Å². The SMILES string of the molecule is COc1ccc2c(c1)CC(C(C)N)N2C(C)C. The molecule has 1 aromatic rings. The van der Waals surface area contributed by atoms with Crippen molar-refractivity contribution in [2.24, 2.45) is 5.73 Å². The summed E-state index contributed by atoms with van der Waals surface area (Å²) in [5.74, 6) is 0.929. The second-order valence-electron chi connectivity index (χ2n) is 5.13. The number of nitrogens with zero attached hydrogens (tertiary/aromatic N) is 1. The Morgan fingerprint density at radius 1 is 1.35 bits per heavy atom. The standard InChI is InChI=1S/C14H22N2O/c1-9(2)16-13-6-5-12(17-4)7-11(13)8-14(16)10(3)15/h5-7,9-10,14H,8,15H2,1-4H3. The highest BCUT2D eigenvalue weighted by Crippen LogP contribution is 2.36. The molecule has 3 nitrogen and oxygen atoms in total. The van der Waals surface area contributed by atoms with Crippen LogP contribution in [0.4, 0.5) is 5.69 Å². The smallest absolute Gasteiger partial charge is 0.119 e. The number of rotatable bonds is 3. The van der Waals surface area contributed by atoms with Crippen molar-refractivity contribution in [1.29, 1.82) is 0 Å². The van der Waals surface area contributed by atoms with E-state index in [4.69, 9.17) is 10.5 Å². The van der Waals surface area contributed by atoms with Gasteiger partial charge in [-0.15, -0.1) is 0 Å². The third kappa shape index (κ3) is 2.12. The molecule has 0 amide bonds. The zero-order chi connectivity index (χ0) is 12.6. The van der Waals surface area contributed by atoms with E-state index in [-0.39, 0.29) is 6.04 Å². The number of ether oxygens (including phenoxy) is 1. The topological polar surface area (TPSA) is 38.5 Å². The molecule has 0 saturated heterocycles. The fourth-order valence-corrected chi connectivity index (χ4v) is 2.71. The van der Waals surface area contributed by atoms with E-state index in [1.807, 2.05) is 6.07 Å². The van der Waals surface area contributed by atoms with Crippen LogP contribution in [0, 0.1) is 0 Å². The maximum absolute atomic E-state index is 6.10. The van der Waals surface area contributed by atoms with Crippen LogP contribution in [0.5, 0.6) is 5.75 Å². The van der Waals surface area contributed by atoms with Gasteiger partial charge in [0, 0.05) is 23.8 Å². The number of anilines is 1. The van der Waals surface area contributed by atoms with E-state index in [1.165, 1.54) is 11.3 Å². The molecule has 1 aliphatic heterocycles. The van der Waals surface area contributed by atoms with Crippen molar-refractivity contribution in [3.8, 4) is 5.75 Å². The van der Waals surface area contributed by atoms with E-state index < -0.39 is 0 Å². The highest BCUT2D eigenvalue weighted by Gasteiger charge is 2.33. The average Bonchev–Trinajstić information content (AvgIpc) is 2.66. The molecule has 0 saturated carbocycles. The van der Waals surface area contributed by atoms with Crippen molar-refractivity contribution >= 4 is 5.69 Å². The Balaban J connectivity index is 2.39. The summed E-state index contributed by atoms with van der Waals surface area (Å²) < 4.78 is 5.28. The van der Waals surface area contributed by atoms with Gasteiger partial charge in [-0.05, 0) is 51.0 Å². The molecule has 0 spiro atoms. The minimum atomic E-state index is 0.177. The molecule has 1 aliphatic rings. The number of methoxy groups -OCH3 is 1. The molecule has 0 radical (unpaired) electrons. The molecule has 2 unspecified atom stereocenters. The number of benzene rings is 1.